The molecule has 9 nitrogen and oxygen atoms in total. The molecule has 0 saturated heterocycles. The third kappa shape index (κ3) is 5.30. The second kappa shape index (κ2) is 8.84. The standard InChI is InChI=1S/C18H21N3O6/c1-10-15(11(2)27-21-10)9-25-14-7-5-13(6-8-14)17(23)26-12(3)16(22)20-18(24)19-4/h5-8,12H,9H2,1-4H3,(H2,19,20,22,24)/t12-/m0/s1. The van der Waals surface area contributed by atoms with E-state index in [1.807, 2.05) is 12.2 Å². The molecule has 2 rings (SSSR count). The Labute approximate surface area is 156 Å². The second-order valence-corrected chi connectivity index (χ2v) is 5.73. The molecule has 9 heteroatoms. The topological polar surface area (TPSA) is 120 Å². The number of urea groups is 1. The number of benzene rings is 1. The van der Waals surface area contributed by atoms with Crippen LogP contribution in [0.4, 0.5) is 4.79 Å². The summed E-state index contributed by atoms with van der Waals surface area (Å²) >= 11 is 0. The Hall–Kier alpha value is -3.36. The number of ether oxygens (including phenoxy) is 2. The van der Waals surface area contributed by atoms with E-state index in [0.29, 0.717) is 18.1 Å². The number of esters is 1. The van der Waals surface area contributed by atoms with Gasteiger partial charge in [0.15, 0.2) is 6.10 Å². The number of amides is 3. The van der Waals surface area contributed by atoms with E-state index in [1.54, 1.807) is 19.1 Å². The van der Waals surface area contributed by atoms with E-state index in [9.17, 15) is 14.4 Å². The van der Waals surface area contributed by atoms with Crippen molar-refractivity contribution in [3.8, 4) is 5.75 Å². The van der Waals surface area contributed by atoms with Crippen LogP contribution in [0.3, 0.4) is 0 Å². The maximum Gasteiger partial charge on any atom is 0.338 e. The predicted molar refractivity (Wildman–Crippen MR) is 94.2 cm³/mol. The van der Waals surface area contributed by atoms with E-state index in [0.717, 1.165) is 11.3 Å². The van der Waals surface area contributed by atoms with Crippen LogP contribution in [0, 0.1) is 13.8 Å². The molecule has 0 aliphatic carbocycles. The first-order valence-electron chi connectivity index (χ1n) is 8.20. The van der Waals surface area contributed by atoms with Crippen LogP contribution < -0.4 is 15.4 Å². The highest BCUT2D eigenvalue weighted by Gasteiger charge is 2.20. The van der Waals surface area contributed by atoms with Crippen LogP contribution in [-0.2, 0) is 16.1 Å². The van der Waals surface area contributed by atoms with Gasteiger partial charge in [0.05, 0.1) is 16.8 Å². The number of aromatic nitrogens is 1. The van der Waals surface area contributed by atoms with Crippen LogP contribution in [0.25, 0.3) is 0 Å². The van der Waals surface area contributed by atoms with Crippen molar-refractivity contribution in [1.82, 2.24) is 15.8 Å². The molecule has 0 bridgehead atoms. The van der Waals surface area contributed by atoms with Gasteiger partial charge in [0.25, 0.3) is 5.91 Å². The molecule has 2 aromatic rings. The third-order valence-corrected chi connectivity index (χ3v) is 3.77. The van der Waals surface area contributed by atoms with Gasteiger partial charge in [-0.1, -0.05) is 5.16 Å². The third-order valence-electron chi connectivity index (χ3n) is 3.77. The predicted octanol–water partition coefficient (Wildman–Crippen LogP) is 1.87. The largest absolute Gasteiger partial charge is 0.489 e. The van der Waals surface area contributed by atoms with E-state index in [2.05, 4.69) is 10.5 Å². The van der Waals surface area contributed by atoms with Crippen molar-refractivity contribution < 1.29 is 28.4 Å². The summed E-state index contributed by atoms with van der Waals surface area (Å²) in [6.07, 6.45) is -1.12. The first-order chi connectivity index (χ1) is 12.8. The number of carbonyl (C=O) groups excluding carboxylic acids is 3. The first kappa shape index (κ1) is 20.0. The summed E-state index contributed by atoms with van der Waals surface area (Å²) in [5, 5.41) is 8.13. The molecule has 0 aliphatic rings. The van der Waals surface area contributed by atoms with Gasteiger partial charge in [-0.25, -0.2) is 9.59 Å². The van der Waals surface area contributed by atoms with E-state index >= 15 is 0 Å². The molecular formula is C18H21N3O6. The average Bonchev–Trinajstić information content (AvgIpc) is 2.97. The molecule has 0 aliphatic heterocycles. The molecule has 144 valence electrons. The Morgan fingerprint density at radius 3 is 2.41 bits per heavy atom. The first-order valence-corrected chi connectivity index (χ1v) is 8.20. The summed E-state index contributed by atoms with van der Waals surface area (Å²) < 4.78 is 15.8. The summed E-state index contributed by atoms with van der Waals surface area (Å²) in [5.74, 6) is -0.164. The molecule has 1 atom stereocenters. The SMILES string of the molecule is CNC(=O)NC(=O)[C@H](C)OC(=O)c1ccc(OCc2c(C)noc2C)cc1. The Morgan fingerprint density at radius 2 is 1.85 bits per heavy atom. The van der Waals surface area contributed by atoms with Gasteiger partial charge >= 0.3 is 12.0 Å². The summed E-state index contributed by atoms with van der Waals surface area (Å²) in [7, 11) is 1.37. The highest BCUT2D eigenvalue weighted by molar-refractivity contribution is 5.98. The Morgan fingerprint density at radius 1 is 1.19 bits per heavy atom. The zero-order chi connectivity index (χ0) is 20.0. The fourth-order valence-corrected chi connectivity index (χ4v) is 2.11. The van der Waals surface area contributed by atoms with Crippen molar-refractivity contribution in [3.05, 3.63) is 46.8 Å². The number of hydrogen-bond donors (Lipinski definition) is 2. The molecule has 27 heavy (non-hydrogen) atoms. The van der Waals surface area contributed by atoms with Gasteiger partial charge in [-0.05, 0) is 45.0 Å². The fourth-order valence-electron chi connectivity index (χ4n) is 2.11. The van der Waals surface area contributed by atoms with Crippen molar-refractivity contribution >= 4 is 17.9 Å². The summed E-state index contributed by atoms with van der Waals surface area (Å²) in [6.45, 7) is 5.30. The Balaban J connectivity index is 1.91. The maximum atomic E-state index is 12.1. The normalized spacial score (nSPS) is 11.4. The molecule has 0 unspecified atom stereocenters. The lowest BCUT2D eigenvalue weighted by Gasteiger charge is -2.13. The van der Waals surface area contributed by atoms with Gasteiger partial charge < -0.3 is 19.3 Å². The van der Waals surface area contributed by atoms with Crippen molar-refractivity contribution in [3.63, 3.8) is 0 Å². The number of rotatable bonds is 6. The Kier molecular flexibility index (Phi) is 6.53. The molecule has 1 aromatic carbocycles. The van der Waals surface area contributed by atoms with E-state index in [4.69, 9.17) is 14.0 Å². The monoisotopic (exact) mass is 375 g/mol. The van der Waals surface area contributed by atoms with Crippen LogP contribution in [0.2, 0.25) is 0 Å². The molecule has 0 radical (unpaired) electrons. The van der Waals surface area contributed by atoms with E-state index in [1.165, 1.54) is 26.1 Å². The molecule has 2 N–H and O–H groups in total. The lowest BCUT2D eigenvalue weighted by Crippen LogP contribution is -2.43. The van der Waals surface area contributed by atoms with Crippen LogP contribution >= 0.6 is 0 Å². The summed E-state index contributed by atoms with van der Waals surface area (Å²) in [6, 6.07) is 5.60. The fraction of sp³-hybridized carbons (Fsp3) is 0.333. The molecular weight excluding hydrogens is 354 g/mol. The number of aryl methyl sites for hydroxylation is 2. The van der Waals surface area contributed by atoms with E-state index < -0.39 is 24.0 Å². The minimum Gasteiger partial charge on any atom is -0.489 e. The highest BCUT2D eigenvalue weighted by atomic mass is 16.5. The minimum absolute atomic E-state index is 0.249. The van der Waals surface area contributed by atoms with Crippen LogP contribution in [-0.4, -0.2) is 36.2 Å². The zero-order valence-electron chi connectivity index (χ0n) is 15.5. The van der Waals surface area contributed by atoms with Gasteiger partial charge in [0.2, 0.25) is 0 Å². The average molecular weight is 375 g/mol. The van der Waals surface area contributed by atoms with E-state index in [-0.39, 0.29) is 5.56 Å². The zero-order valence-corrected chi connectivity index (χ0v) is 15.5. The van der Waals surface area contributed by atoms with Gasteiger partial charge in [-0.3, -0.25) is 10.1 Å². The lowest BCUT2D eigenvalue weighted by atomic mass is 10.2. The maximum absolute atomic E-state index is 12.1. The molecule has 1 aromatic heterocycles. The van der Waals surface area contributed by atoms with Crippen molar-refractivity contribution in [2.45, 2.75) is 33.5 Å². The van der Waals surface area contributed by atoms with Crippen molar-refractivity contribution in [2.24, 2.45) is 0 Å². The molecule has 0 spiro atoms. The molecule has 1 heterocycles. The molecule has 3 amide bonds. The number of imide groups is 1. The number of nitrogens with one attached hydrogen (secondary N) is 2. The highest BCUT2D eigenvalue weighted by Crippen LogP contribution is 2.18. The summed E-state index contributed by atoms with van der Waals surface area (Å²) in [5.41, 5.74) is 1.88. The molecule has 0 fully saturated rings. The number of hydrogen-bond acceptors (Lipinski definition) is 7. The van der Waals surface area contributed by atoms with Gasteiger partial charge in [-0.15, -0.1) is 0 Å². The Bertz CT molecular complexity index is 809. The van der Waals surface area contributed by atoms with Crippen LogP contribution in [0.15, 0.2) is 28.8 Å². The summed E-state index contributed by atoms with van der Waals surface area (Å²) in [4.78, 5) is 34.9. The minimum atomic E-state index is -1.12. The van der Waals surface area contributed by atoms with Gasteiger partial charge in [0.1, 0.15) is 18.1 Å². The van der Waals surface area contributed by atoms with Crippen molar-refractivity contribution in [2.75, 3.05) is 7.05 Å². The second-order valence-electron chi connectivity index (χ2n) is 5.73. The van der Waals surface area contributed by atoms with Crippen molar-refractivity contribution in [1.29, 1.82) is 0 Å². The van der Waals surface area contributed by atoms with Gasteiger partial charge in [-0.2, -0.15) is 0 Å². The molecule has 0 saturated carbocycles. The van der Waals surface area contributed by atoms with Gasteiger partial charge in [0, 0.05) is 7.05 Å². The number of nitrogens with zero attached hydrogens (tertiary/aromatic N) is 1. The lowest BCUT2D eigenvalue weighted by molar-refractivity contribution is -0.127. The smallest absolute Gasteiger partial charge is 0.338 e. The van der Waals surface area contributed by atoms with Crippen LogP contribution in [0.5, 0.6) is 5.75 Å². The number of carbonyl (C=O) groups is 3. The van der Waals surface area contributed by atoms with Crippen LogP contribution in [0.1, 0.15) is 34.3 Å². The quantitative estimate of drug-likeness (QED) is 0.740.